The first-order valence-electron chi connectivity index (χ1n) is 8.12. The van der Waals surface area contributed by atoms with Crippen LogP contribution in [0.15, 0.2) is 59.7 Å². The molecule has 2 aromatic carbocycles. The highest BCUT2D eigenvalue weighted by atomic mass is 19.4. The lowest BCUT2D eigenvalue weighted by molar-refractivity contribution is -0.137. The molecule has 0 amide bonds. The van der Waals surface area contributed by atoms with Crippen molar-refractivity contribution in [1.82, 2.24) is 4.57 Å². The van der Waals surface area contributed by atoms with Gasteiger partial charge in [-0.1, -0.05) is 41.5 Å². The Hall–Kier alpha value is -2.82. The predicted octanol–water partition coefficient (Wildman–Crippen LogP) is 5.35. The highest BCUT2D eigenvalue weighted by Crippen LogP contribution is 2.32. The van der Waals surface area contributed by atoms with Gasteiger partial charge in [0, 0.05) is 30.6 Å². The molecule has 0 radical (unpaired) electrons. The lowest BCUT2D eigenvalue weighted by Crippen LogP contribution is -2.12. The summed E-state index contributed by atoms with van der Waals surface area (Å²) >= 11 is 0. The zero-order valence-electron chi connectivity index (χ0n) is 14.7. The highest BCUT2D eigenvalue weighted by molar-refractivity contribution is 5.72. The Balaban J connectivity index is 2.22. The number of benzene rings is 2. The van der Waals surface area contributed by atoms with Crippen molar-refractivity contribution >= 4 is 0 Å². The quantitative estimate of drug-likeness (QED) is 0.606. The van der Waals surface area contributed by atoms with Crippen LogP contribution in [-0.4, -0.2) is 4.57 Å². The summed E-state index contributed by atoms with van der Waals surface area (Å²) in [4.78, 5) is 13.0. The maximum atomic E-state index is 13.0. The molecule has 0 N–H and O–H groups in total. The van der Waals surface area contributed by atoms with Crippen molar-refractivity contribution in [3.8, 4) is 22.3 Å². The molecule has 0 saturated carbocycles. The minimum atomic E-state index is -4.45. The van der Waals surface area contributed by atoms with Crippen LogP contribution < -0.4 is 5.43 Å². The Bertz CT molecular complexity index is 1010. The minimum Gasteiger partial charge on any atom is -0.356 e. The number of aryl methyl sites for hydroxylation is 3. The van der Waals surface area contributed by atoms with Crippen LogP contribution in [0.25, 0.3) is 22.3 Å². The molecule has 0 aliphatic carbocycles. The van der Waals surface area contributed by atoms with Gasteiger partial charge in [-0.25, -0.2) is 0 Å². The van der Waals surface area contributed by atoms with Crippen molar-refractivity contribution in [2.45, 2.75) is 20.0 Å². The highest BCUT2D eigenvalue weighted by Gasteiger charge is 2.30. The third kappa shape index (κ3) is 3.57. The lowest BCUT2D eigenvalue weighted by Gasteiger charge is -2.12. The average molecular weight is 357 g/mol. The fourth-order valence-corrected chi connectivity index (χ4v) is 3.11. The van der Waals surface area contributed by atoms with Gasteiger partial charge in [-0.05, 0) is 37.1 Å². The van der Waals surface area contributed by atoms with Crippen LogP contribution in [0.2, 0.25) is 0 Å². The Kier molecular flexibility index (Phi) is 4.48. The molecule has 1 heterocycles. The Morgan fingerprint density at radius 3 is 2.00 bits per heavy atom. The fraction of sp³-hybridized carbons (Fsp3) is 0.190. The molecule has 2 nitrogen and oxygen atoms in total. The molecule has 3 aromatic rings. The van der Waals surface area contributed by atoms with Gasteiger partial charge in [-0.2, -0.15) is 13.2 Å². The van der Waals surface area contributed by atoms with Gasteiger partial charge in [0.1, 0.15) is 0 Å². The second-order valence-electron chi connectivity index (χ2n) is 6.54. The standard InChI is InChI=1S/C21H18F3NO/c1-13-7-14(2)9-16(8-13)19-12-25(3)11-18(20(19)26)15-5-4-6-17(10-15)21(22,23)24/h4-12H,1-3H3. The molecule has 5 heteroatoms. The van der Waals surface area contributed by atoms with Gasteiger partial charge >= 0.3 is 6.18 Å². The van der Waals surface area contributed by atoms with Gasteiger partial charge in [0.15, 0.2) is 5.43 Å². The molecular formula is C21H18F3NO. The van der Waals surface area contributed by atoms with E-state index in [-0.39, 0.29) is 16.6 Å². The van der Waals surface area contributed by atoms with E-state index in [1.807, 2.05) is 32.0 Å². The van der Waals surface area contributed by atoms with Crippen molar-refractivity contribution in [2.75, 3.05) is 0 Å². The lowest BCUT2D eigenvalue weighted by atomic mass is 9.97. The van der Waals surface area contributed by atoms with Crippen molar-refractivity contribution in [3.63, 3.8) is 0 Å². The summed E-state index contributed by atoms with van der Waals surface area (Å²) in [5, 5.41) is 0. The van der Waals surface area contributed by atoms with E-state index in [0.717, 1.165) is 28.8 Å². The topological polar surface area (TPSA) is 22.0 Å². The maximum Gasteiger partial charge on any atom is 0.416 e. The minimum absolute atomic E-state index is 0.246. The molecule has 0 bridgehead atoms. The Morgan fingerprint density at radius 1 is 0.846 bits per heavy atom. The summed E-state index contributed by atoms with van der Waals surface area (Å²) in [6, 6.07) is 10.7. The molecule has 0 saturated heterocycles. The molecule has 26 heavy (non-hydrogen) atoms. The number of aromatic nitrogens is 1. The molecule has 0 unspecified atom stereocenters. The van der Waals surface area contributed by atoms with Gasteiger partial charge in [-0.3, -0.25) is 4.79 Å². The van der Waals surface area contributed by atoms with E-state index in [0.29, 0.717) is 5.56 Å². The first-order valence-corrected chi connectivity index (χ1v) is 8.12. The Morgan fingerprint density at radius 2 is 1.42 bits per heavy atom. The van der Waals surface area contributed by atoms with Crippen LogP contribution >= 0.6 is 0 Å². The normalized spacial score (nSPS) is 11.6. The molecule has 134 valence electrons. The van der Waals surface area contributed by atoms with Crippen molar-refractivity contribution in [1.29, 1.82) is 0 Å². The number of hydrogen-bond donors (Lipinski definition) is 0. The van der Waals surface area contributed by atoms with E-state index < -0.39 is 11.7 Å². The molecular weight excluding hydrogens is 339 g/mol. The van der Waals surface area contributed by atoms with E-state index in [2.05, 4.69) is 0 Å². The van der Waals surface area contributed by atoms with E-state index >= 15 is 0 Å². The Labute approximate surface area is 149 Å². The first-order chi connectivity index (χ1) is 12.1. The zero-order chi connectivity index (χ0) is 19.1. The average Bonchev–Trinajstić information content (AvgIpc) is 2.55. The van der Waals surface area contributed by atoms with E-state index in [4.69, 9.17) is 0 Å². The molecule has 0 spiro atoms. The van der Waals surface area contributed by atoms with E-state index in [1.165, 1.54) is 12.1 Å². The van der Waals surface area contributed by atoms with Crippen LogP contribution in [0.1, 0.15) is 16.7 Å². The number of nitrogens with zero attached hydrogens (tertiary/aromatic N) is 1. The second-order valence-corrected chi connectivity index (χ2v) is 6.54. The van der Waals surface area contributed by atoms with E-state index in [1.54, 1.807) is 24.0 Å². The van der Waals surface area contributed by atoms with Gasteiger partial charge < -0.3 is 4.57 Å². The van der Waals surface area contributed by atoms with Crippen molar-refractivity contribution < 1.29 is 13.2 Å². The monoisotopic (exact) mass is 357 g/mol. The third-order valence-corrected chi connectivity index (χ3v) is 4.19. The number of rotatable bonds is 2. The van der Waals surface area contributed by atoms with Gasteiger partial charge in [-0.15, -0.1) is 0 Å². The SMILES string of the molecule is Cc1cc(C)cc(-c2cn(C)cc(-c3cccc(C(F)(F)F)c3)c2=O)c1. The summed E-state index contributed by atoms with van der Waals surface area (Å²) in [6.45, 7) is 3.88. The van der Waals surface area contributed by atoms with E-state index in [9.17, 15) is 18.0 Å². The van der Waals surface area contributed by atoms with Gasteiger partial charge in [0.05, 0.1) is 5.56 Å². The first kappa shape index (κ1) is 18.0. The molecule has 1 aromatic heterocycles. The van der Waals surface area contributed by atoms with Crippen LogP contribution in [0, 0.1) is 13.8 Å². The van der Waals surface area contributed by atoms with Gasteiger partial charge in [0.2, 0.25) is 0 Å². The summed E-state index contributed by atoms with van der Waals surface area (Å²) in [6.07, 6.45) is -1.19. The third-order valence-electron chi connectivity index (χ3n) is 4.19. The largest absolute Gasteiger partial charge is 0.416 e. The zero-order valence-corrected chi connectivity index (χ0v) is 14.7. The molecule has 0 fully saturated rings. The smallest absolute Gasteiger partial charge is 0.356 e. The van der Waals surface area contributed by atoms with Crippen molar-refractivity contribution in [3.05, 3.63) is 81.8 Å². The number of hydrogen-bond acceptors (Lipinski definition) is 1. The summed E-state index contributed by atoms with van der Waals surface area (Å²) in [7, 11) is 1.75. The van der Waals surface area contributed by atoms with Gasteiger partial charge in [0.25, 0.3) is 0 Å². The molecule has 0 atom stereocenters. The van der Waals surface area contributed by atoms with Crippen LogP contribution in [-0.2, 0) is 13.2 Å². The predicted molar refractivity (Wildman–Crippen MR) is 97.0 cm³/mol. The van der Waals surface area contributed by atoms with Crippen LogP contribution in [0.3, 0.4) is 0 Å². The molecule has 3 rings (SSSR count). The van der Waals surface area contributed by atoms with Crippen molar-refractivity contribution in [2.24, 2.45) is 7.05 Å². The number of halogens is 3. The summed E-state index contributed by atoms with van der Waals surface area (Å²) < 4.78 is 40.7. The van der Waals surface area contributed by atoms with Crippen LogP contribution in [0.4, 0.5) is 13.2 Å². The summed E-state index contributed by atoms with van der Waals surface area (Å²) in [5.74, 6) is 0. The second kappa shape index (κ2) is 6.48. The molecule has 0 aliphatic rings. The number of pyridine rings is 1. The maximum absolute atomic E-state index is 13.0. The molecule has 0 aliphatic heterocycles. The fourth-order valence-electron chi connectivity index (χ4n) is 3.11. The summed E-state index contributed by atoms with van der Waals surface area (Å²) in [5.41, 5.74) is 2.72. The van der Waals surface area contributed by atoms with Crippen LogP contribution in [0.5, 0.6) is 0 Å². The number of alkyl halides is 3.